The number of carboxylic acid groups (broad SMARTS) is 1. The largest absolute Gasteiger partial charge is 0.478 e. The molecule has 0 saturated heterocycles. The minimum Gasteiger partial charge on any atom is -0.478 e. The molecule has 4 N–H and O–H groups in total. The van der Waals surface area contributed by atoms with E-state index >= 15 is 0 Å². The van der Waals surface area contributed by atoms with Crippen molar-refractivity contribution < 1.29 is 15.0 Å². The summed E-state index contributed by atoms with van der Waals surface area (Å²) >= 11 is 7.24. The molecule has 1 aromatic rings. The van der Waals surface area contributed by atoms with Crippen molar-refractivity contribution in [1.82, 2.24) is 0 Å². The van der Waals surface area contributed by atoms with Crippen molar-refractivity contribution in [3.63, 3.8) is 0 Å². The van der Waals surface area contributed by atoms with Gasteiger partial charge in [-0.05, 0) is 18.6 Å². The smallest absolute Gasteiger partial charge is 0.336 e. The zero-order chi connectivity index (χ0) is 12.1. The first-order valence-corrected chi connectivity index (χ1v) is 5.98. The van der Waals surface area contributed by atoms with Crippen LogP contribution >= 0.6 is 23.4 Å². The molecule has 0 spiro atoms. The zero-order valence-corrected chi connectivity index (χ0v) is 10.0. The van der Waals surface area contributed by atoms with Crippen LogP contribution in [0.15, 0.2) is 17.0 Å². The van der Waals surface area contributed by atoms with E-state index in [1.807, 2.05) is 0 Å². The van der Waals surface area contributed by atoms with Crippen molar-refractivity contribution in [2.75, 3.05) is 18.1 Å². The average molecular weight is 262 g/mol. The van der Waals surface area contributed by atoms with Crippen LogP contribution in [0.2, 0.25) is 5.02 Å². The molecule has 4 nitrogen and oxygen atoms in total. The summed E-state index contributed by atoms with van der Waals surface area (Å²) in [5, 5.41) is 18.0. The maximum Gasteiger partial charge on any atom is 0.336 e. The molecule has 0 fully saturated rings. The van der Waals surface area contributed by atoms with Gasteiger partial charge in [-0.3, -0.25) is 0 Å². The van der Waals surface area contributed by atoms with Crippen molar-refractivity contribution >= 4 is 35.0 Å². The van der Waals surface area contributed by atoms with Crippen LogP contribution in [0.3, 0.4) is 0 Å². The number of carbonyl (C=O) groups is 1. The number of nitrogen functional groups attached to an aromatic ring is 1. The normalized spacial score (nSPS) is 10.4. The molecule has 1 aromatic carbocycles. The quantitative estimate of drug-likeness (QED) is 0.429. The topological polar surface area (TPSA) is 83.5 Å². The summed E-state index contributed by atoms with van der Waals surface area (Å²) in [7, 11) is 0. The van der Waals surface area contributed by atoms with Crippen LogP contribution in [0, 0.1) is 0 Å². The molecule has 1 rings (SSSR count). The highest BCUT2D eigenvalue weighted by atomic mass is 35.5. The number of aliphatic hydroxyl groups is 1. The predicted molar refractivity (Wildman–Crippen MR) is 65.3 cm³/mol. The van der Waals surface area contributed by atoms with E-state index in [2.05, 4.69) is 0 Å². The van der Waals surface area contributed by atoms with E-state index in [4.69, 9.17) is 27.5 Å². The summed E-state index contributed by atoms with van der Waals surface area (Å²) in [4.78, 5) is 11.5. The zero-order valence-electron chi connectivity index (χ0n) is 8.44. The Labute approximate surface area is 102 Å². The second-order valence-electron chi connectivity index (χ2n) is 3.11. The molecule has 0 aliphatic carbocycles. The van der Waals surface area contributed by atoms with Gasteiger partial charge in [-0.2, -0.15) is 0 Å². The van der Waals surface area contributed by atoms with Crippen molar-refractivity contribution in [2.24, 2.45) is 0 Å². The van der Waals surface area contributed by atoms with Crippen LogP contribution in [-0.4, -0.2) is 28.5 Å². The number of benzene rings is 1. The Hall–Kier alpha value is -0.910. The molecule has 0 bridgehead atoms. The number of aromatic carboxylic acids is 1. The highest BCUT2D eigenvalue weighted by molar-refractivity contribution is 7.99. The summed E-state index contributed by atoms with van der Waals surface area (Å²) in [6, 6.07) is 2.91. The predicted octanol–water partition coefficient (Wildman–Crippen LogP) is 2.09. The Bertz CT molecular complexity index is 398. The average Bonchev–Trinajstić information content (AvgIpc) is 2.20. The van der Waals surface area contributed by atoms with Gasteiger partial charge in [-0.15, -0.1) is 11.8 Å². The first kappa shape index (κ1) is 13.2. The first-order valence-electron chi connectivity index (χ1n) is 4.62. The number of nitrogens with two attached hydrogens (primary N) is 1. The fraction of sp³-hybridized carbons (Fsp3) is 0.300. The number of carboxylic acids is 1. The van der Waals surface area contributed by atoms with Gasteiger partial charge in [0.2, 0.25) is 0 Å². The fourth-order valence-electron chi connectivity index (χ4n) is 1.16. The number of hydrogen-bond acceptors (Lipinski definition) is 4. The van der Waals surface area contributed by atoms with E-state index in [1.54, 1.807) is 0 Å². The summed E-state index contributed by atoms with van der Waals surface area (Å²) in [6.45, 7) is 0.0714. The lowest BCUT2D eigenvalue weighted by Gasteiger charge is -2.08. The summed E-state index contributed by atoms with van der Waals surface area (Å²) in [5.74, 6) is -0.443. The number of halogens is 1. The maximum absolute atomic E-state index is 11.0. The molecule has 0 unspecified atom stereocenters. The highest BCUT2D eigenvalue weighted by Gasteiger charge is 2.14. The number of aliphatic hydroxyl groups excluding tert-OH is 1. The van der Waals surface area contributed by atoms with Crippen molar-refractivity contribution in [3.8, 4) is 0 Å². The standard InChI is InChI=1S/C10H12ClNO3S/c11-8-5-6(12)4-7(10(14)15)9(8)16-3-1-2-13/h4-5,13H,1-3,12H2,(H,14,15). The van der Waals surface area contributed by atoms with E-state index in [9.17, 15) is 4.79 Å². The van der Waals surface area contributed by atoms with Gasteiger partial charge in [0, 0.05) is 22.9 Å². The molecule has 0 aromatic heterocycles. The van der Waals surface area contributed by atoms with Crippen LogP contribution < -0.4 is 5.73 Å². The number of thioether (sulfide) groups is 1. The minimum absolute atomic E-state index is 0.0714. The van der Waals surface area contributed by atoms with Crippen LogP contribution in [0.4, 0.5) is 5.69 Å². The lowest BCUT2D eigenvalue weighted by molar-refractivity contribution is 0.0693. The monoisotopic (exact) mass is 261 g/mol. The third-order valence-electron chi connectivity index (χ3n) is 1.85. The number of rotatable bonds is 5. The summed E-state index contributed by atoms with van der Waals surface area (Å²) in [6.07, 6.45) is 0.588. The Morgan fingerprint density at radius 1 is 1.50 bits per heavy atom. The van der Waals surface area contributed by atoms with Gasteiger partial charge in [0.1, 0.15) is 0 Å². The van der Waals surface area contributed by atoms with Gasteiger partial charge in [-0.1, -0.05) is 11.6 Å². The Morgan fingerprint density at radius 3 is 2.75 bits per heavy atom. The van der Waals surface area contributed by atoms with E-state index < -0.39 is 5.97 Å². The second kappa shape index (κ2) is 5.98. The Balaban J connectivity index is 2.99. The lowest BCUT2D eigenvalue weighted by Crippen LogP contribution is -2.02. The van der Waals surface area contributed by atoms with Gasteiger partial charge >= 0.3 is 5.97 Å². The third kappa shape index (κ3) is 3.30. The number of anilines is 1. The van der Waals surface area contributed by atoms with Gasteiger partial charge in [0.25, 0.3) is 0 Å². The summed E-state index contributed by atoms with van der Waals surface area (Å²) in [5.41, 5.74) is 5.96. The molecular weight excluding hydrogens is 250 g/mol. The molecule has 0 heterocycles. The Morgan fingerprint density at radius 2 is 2.19 bits per heavy atom. The molecule has 0 saturated carbocycles. The Kier molecular flexibility index (Phi) is 4.92. The molecule has 0 aliphatic rings. The maximum atomic E-state index is 11.0. The van der Waals surface area contributed by atoms with E-state index in [0.29, 0.717) is 27.8 Å². The van der Waals surface area contributed by atoms with E-state index in [0.717, 1.165) is 0 Å². The molecule has 0 radical (unpaired) electrons. The van der Waals surface area contributed by atoms with Crippen molar-refractivity contribution in [3.05, 3.63) is 22.7 Å². The van der Waals surface area contributed by atoms with Gasteiger partial charge in [0.15, 0.2) is 0 Å². The fourth-order valence-corrected chi connectivity index (χ4v) is 2.53. The molecule has 0 aliphatic heterocycles. The van der Waals surface area contributed by atoms with Gasteiger partial charge in [-0.25, -0.2) is 4.79 Å². The van der Waals surface area contributed by atoms with E-state index in [1.165, 1.54) is 23.9 Å². The minimum atomic E-state index is -1.05. The van der Waals surface area contributed by atoms with Crippen LogP contribution in [0.25, 0.3) is 0 Å². The van der Waals surface area contributed by atoms with Crippen LogP contribution in [0.5, 0.6) is 0 Å². The SMILES string of the molecule is Nc1cc(Cl)c(SCCCO)c(C(=O)O)c1. The highest BCUT2D eigenvalue weighted by Crippen LogP contribution is 2.33. The molecule has 0 amide bonds. The van der Waals surface area contributed by atoms with Gasteiger partial charge < -0.3 is 15.9 Å². The molecule has 6 heteroatoms. The first-order chi connectivity index (χ1) is 7.56. The molecule has 88 valence electrons. The van der Waals surface area contributed by atoms with Crippen LogP contribution in [-0.2, 0) is 0 Å². The molecule has 16 heavy (non-hydrogen) atoms. The summed E-state index contributed by atoms with van der Waals surface area (Å²) < 4.78 is 0. The third-order valence-corrected chi connectivity index (χ3v) is 3.48. The molecule has 0 atom stereocenters. The lowest BCUT2D eigenvalue weighted by atomic mass is 10.2. The van der Waals surface area contributed by atoms with E-state index in [-0.39, 0.29) is 12.2 Å². The van der Waals surface area contributed by atoms with Crippen LogP contribution in [0.1, 0.15) is 16.8 Å². The molecular formula is C10H12ClNO3S. The van der Waals surface area contributed by atoms with Crippen molar-refractivity contribution in [1.29, 1.82) is 0 Å². The number of hydrogen-bond donors (Lipinski definition) is 3. The van der Waals surface area contributed by atoms with Crippen molar-refractivity contribution in [2.45, 2.75) is 11.3 Å². The second-order valence-corrected chi connectivity index (χ2v) is 4.62. The van der Waals surface area contributed by atoms with Gasteiger partial charge in [0.05, 0.1) is 10.6 Å².